The van der Waals surface area contributed by atoms with Gasteiger partial charge in [0.2, 0.25) is 11.8 Å². The number of likely N-dealkylation sites (N-methyl/N-ethyl adjacent to an activating group) is 1. The second kappa shape index (κ2) is 6.84. The van der Waals surface area contributed by atoms with Gasteiger partial charge in [-0.25, -0.2) is 9.59 Å². The van der Waals surface area contributed by atoms with E-state index in [4.69, 9.17) is 4.84 Å². The van der Waals surface area contributed by atoms with E-state index in [-0.39, 0.29) is 36.3 Å². The van der Waals surface area contributed by atoms with Gasteiger partial charge >= 0.3 is 12.0 Å². The third-order valence-electron chi connectivity index (χ3n) is 4.51. The van der Waals surface area contributed by atoms with Crippen LogP contribution >= 0.6 is 11.8 Å². The van der Waals surface area contributed by atoms with E-state index in [0.29, 0.717) is 16.4 Å². The summed E-state index contributed by atoms with van der Waals surface area (Å²) in [4.78, 5) is 30.1. The standard InChI is InChI=1S/C15H21N3O5S/c1-17-9-8-24-10(14(9)16-15(17)22)4-2-3-5-13(21)23-18-11(19)6-7-12(18)20/h6-7,9-10,14,19-20H,2-5,8H2,1H3,(H,16,22)/t9-,10-,14-/m0/s1. The van der Waals surface area contributed by atoms with E-state index < -0.39 is 5.97 Å². The van der Waals surface area contributed by atoms with Gasteiger partial charge in [-0.2, -0.15) is 11.8 Å². The molecule has 24 heavy (non-hydrogen) atoms. The highest BCUT2D eigenvalue weighted by atomic mass is 32.2. The zero-order valence-corrected chi connectivity index (χ0v) is 14.2. The summed E-state index contributed by atoms with van der Waals surface area (Å²) >= 11 is 1.86. The monoisotopic (exact) mass is 355 g/mol. The summed E-state index contributed by atoms with van der Waals surface area (Å²) < 4.78 is 0.698. The number of unbranched alkanes of at least 4 members (excludes halogenated alkanes) is 1. The summed E-state index contributed by atoms with van der Waals surface area (Å²) in [6.45, 7) is 0. The van der Waals surface area contributed by atoms with E-state index in [0.717, 1.165) is 18.6 Å². The van der Waals surface area contributed by atoms with Crippen molar-refractivity contribution in [3.63, 3.8) is 0 Å². The number of aromatic nitrogens is 1. The molecule has 1 aromatic rings. The zero-order chi connectivity index (χ0) is 17.3. The second-order valence-electron chi connectivity index (χ2n) is 6.08. The zero-order valence-electron chi connectivity index (χ0n) is 13.3. The van der Waals surface area contributed by atoms with Gasteiger partial charge in [0.1, 0.15) is 0 Å². The smallest absolute Gasteiger partial charge is 0.333 e. The third-order valence-corrected chi connectivity index (χ3v) is 6.01. The number of nitrogens with zero attached hydrogens (tertiary/aromatic N) is 2. The maximum absolute atomic E-state index is 11.7. The molecule has 8 nitrogen and oxygen atoms in total. The average Bonchev–Trinajstić information content (AvgIpc) is 3.17. The first kappa shape index (κ1) is 16.8. The van der Waals surface area contributed by atoms with E-state index in [1.165, 1.54) is 12.1 Å². The Morgan fingerprint density at radius 3 is 2.79 bits per heavy atom. The van der Waals surface area contributed by atoms with Gasteiger partial charge in [-0.1, -0.05) is 6.42 Å². The van der Waals surface area contributed by atoms with Crippen molar-refractivity contribution in [1.82, 2.24) is 14.9 Å². The highest BCUT2D eigenvalue weighted by Gasteiger charge is 2.46. The molecular weight excluding hydrogens is 334 g/mol. The topological polar surface area (TPSA) is 104 Å². The van der Waals surface area contributed by atoms with Crippen LogP contribution in [0, 0.1) is 0 Å². The highest BCUT2D eigenvalue weighted by molar-refractivity contribution is 8.00. The van der Waals surface area contributed by atoms with Crippen molar-refractivity contribution in [2.75, 3.05) is 12.8 Å². The van der Waals surface area contributed by atoms with E-state index in [2.05, 4.69) is 5.32 Å². The van der Waals surface area contributed by atoms with Crippen LogP contribution in [0.15, 0.2) is 12.1 Å². The molecule has 0 unspecified atom stereocenters. The number of fused-ring (bicyclic) bond motifs is 1. The molecule has 3 rings (SSSR count). The number of hydrogen-bond donors (Lipinski definition) is 3. The Bertz CT molecular complexity index is 615. The van der Waals surface area contributed by atoms with Crippen LogP contribution in [0.2, 0.25) is 0 Å². The number of aromatic hydroxyl groups is 2. The van der Waals surface area contributed by atoms with E-state index in [1.807, 2.05) is 18.8 Å². The Morgan fingerprint density at radius 2 is 2.08 bits per heavy atom. The number of rotatable bonds is 6. The first-order valence-electron chi connectivity index (χ1n) is 7.93. The van der Waals surface area contributed by atoms with Gasteiger partial charge in [0, 0.05) is 36.6 Å². The average molecular weight is 355 g/mol. The molecule has 3 N–H and O–H groups in total. The summed E-state index contributed by atoms with van der Waals surface area (Å²) in [5, 5.41) is 22.2. The minimum Gasteiger partial charge on any atom is -0.492 e. The summed E-state index contributed by atoms with van der Waals surface area (Å²) in [5.74, 6) is -0.216. The predicted octanol–water partition coefficient (Wildman–Crippen LogP) is 0.922. The fourth-order valence-electron chi connectivity index (χ4n) is 3.13. The minimum absolute atomic E-state index is 0.00906. The van der Waals surface area contributed by atoms with Crippen LogP contribution in [0.3, 0.4) is 0 Å². The first-order valence-corrected chi connectivity index (χ1v) is 8.98. The molecule has 3 atom stereocenters. The molecule has 2 fully saturated rings. The largest absolute Gasteiger partial charge is 0.492 e. The van der Waals surface area contributed by atoms with E-state index in [1.54, 1.807) is 4.90 Å². The van der Waals surface area contributed by atoms with Crippen molar-refractivity contribution in [2.45, 2.75) is 43.0 Å². The van der Waals surface area contributed by atoms with Gasteiger partial charge in [0.15, 0.2) is 0 Å². The van der Waals surface area contributed by atoms with Crippen molar-refractivity contribution < 1.29 is 24.6 Å². The number of thioether (sulfide) groups is 1. The number of carbonyl (C=O) groups is 2. The highest BCUT2D eigenvalue weighted by Crippen LogP contribution is 2.36. The quantitative estimate of drug-likeness (QED) is 0.518. The van der Waals surface area contributed by atoms with Crippen LogP contribution in [0.5, 0.6) is 11.8 Å². The van der Waals surface area contributed by atoms with Crippen molar-refractivity contribution in [2.24, 2.45) is 0 Å². The predicted molar refractivity (Wildman–Crippen MR) is 87.9 cm³/mol. The Morgan fingerprint density at radius 1 is 1.38 bits per heavy atom. The molecule has 3 heterocycles. The Kier molecular flexibility index (Phi) is 4.79. The summed E-state index contributed by atoms with van der Waals surface area (Å²) in [6.07, 6.45) is 2.63. The molecule has 2 saturated heterocycles. The number of nitrogens with one attached hydrogen (secondary N) is 1. The summed E-state index contributed by atoms with van der Waals surface area (Å²) in [5.41, 5.74) is 0. The fourth-order valence-corrected chi connectivity index (χ4v) is 4.80. The van der Waals surface area contributed by atoms with E-state index in [9.17, 15) is 19.8 Å². The Labute approximate surface area is 143 Å². The SMILES string of the molecule is CN1C(=O)N[C@@H]2[C@H](CCCCC(=O)On3c(O)ccc3O)SC[C@@H]21. The van der Waals surface area contributed by atoms with Crippen molar-refractivity contribution in [1.29, 1.82) is 0 Å². The molecule has 0 aliphatic carbocycles. The third kappa shape index (κ3) is 3.26. The molecule has 2 amide bonds. The molecule has 2 aliphatic rings. The molecule has 0 spiro atoms. The normalized spacial score (nSPS) is 25.6. The number of hydrogen-bond acceptors (Lipinski definition) is 6. The van der Waals surface area contributed by atoms with E-state index >= 15 is 0 Å². The lowest BCUT2D eigenvalue weighted by Gasteiger charge is -2.17. The number of amides is 2. The molecule has 0 radical (unpaired) electrons. The number of carbonyl (C=O) groups excluding carboxylic acids is 2. The Balaban J connectivity index is 1.38. The maximum Gasteiger partial charge on any atom is 0.333 e. The second-order valence-corrected chi connectivity index (χ2v) is 7.35. The molecule has 9 heteroatoms. The lowest BCUT2D eigenvalue weighted by molar-refractivity contribution is -0.145. The van der Waals surface area contributed by atoms with Crippen LogP contribution in [0.4, 0.5) is 4.79 Å². The van der Waals surface area contributed by atoms with Crippen LogP contribution in [-0.2, 0) is 4.79 Å². The van der Waals surface area contributed by atoms with Crippen LogP contribution in [0.25, 0.3) is 0 Å². The molecule has 1 aromatic heterocycles. The summed E-state index contributed by atoms with van der Waals surface area (Å²) in [7, 11) is 1.82. The molecule has 2 aliphatic heterocycles. The molecule has 0 bridgehead atoms. The number of urea groups is 1. The maximum atomic E-state index is 11.7. The van der Waals surface area contributed by atoms with Gasteiger partial charge in [-0.15, -0.1) is 4.73 Å². The molecule has 0 aromatic carbocycles. The van der Waals surface area contributed by atoms with Gasteiger partial charge in [-0.05, 0) is 12.8 Å². The fraction of sp³-hybridized carbons (Fsp3) is 0.600. The van der Waals surface area contributed by atoms with Gasteiger partial charge in [-0.3, -0.25) is 0 Å². The van der Waals surface area contributed by atoms with Crippen LogP contribution < -0.4 is 10.2 Å². The van der Waals surface area contributed by atoms with Gasteiger partial charge in [0.05, 0.1) is 12.1 Å². The van der Waals surface area contributed by atoms with Crippen molar-refractivity contribution in [3.05, 3.63) is 12.1 Å². The van der Waals surface area contributed by atoms with Crippen molar-refractivity contribution >= 4 is 23.8 Å². The van der Waals surface area contributed by atoms with Gasteiger partial charge in [0.25, 0.3) is 0 Å². The molecule has 132 valence electrons. The molecule has 0 saturated carbocycles. The van der Waals surface area contributed by atoms with Crippen LogP contribution in [0.1, 0.15) is 25.7 Å². The summed E-state index contributed by atoms with van der Waals surface area (Å²) in [6, 6.07) is 2.92. The van der Waals surface area contributed by atoms with Crippen molar-refractivity contribution in [3.8, 4) is 11.8 Å². The Hall–Kier alpha value is -2.03. The van der Waals surface area contributed by atoms with Crippen LogP contribution in [-0.4, -0.2) is 62.0 Å². The lowest BCUT2D eigenvalue weighted by Crippen LogP contribution is -2.37. The van der Waals surface area contributed by atoms with Gasteiger partial charge < -0.3 is 25.3 Å². The lowest BCUT2D eigenvalue weighted by atomic mass is 10.0. The first-order chi connectivity index (χ1) is 11.5. The molecular formula is C15H21N3O5S. The minimum atomic E-state index is -0.511.